The number of carbonyl (C=O) groups is 1. The van der Waals surface area contributed by atoms with Gasteiger partial charge in [0, 0.05) is 6.04 Å². The van der Waals surface area contributed by atoms with E-state index in [9.17, 15) is 4.79 Å². The van der Waals surface area contributed by atoms with Crippen molar-refractivity contribution in [3.05, 3.63) is 24.0 Å². The second-order valence-electron chi connectivity index (χ2n) is 4.60. The minimum atomic E-state index is -1.02. The van der Waals surface area contributed by atoms with Crippen LogP contribution in [0, 0.1) is 0 Å². The predicted molar refractivity (Wildman–Crippen MR) is 67.0 cm³/mol. The molecule has 1 saturated heterocycles. The molecule has 0 saturated carbocycles. The number of carboxylic acid groups (broad SMARTS) is 1. The second kappa shape index (κ2) is 5.82. The average molecular weight is 250 g/mol. The summed E-state index contributed by atoms with van der Waals surface area (Å²) in [4.78, 5) is 16.8. The number of pyridine rings is 1. The summed E-state index contributed by atoms with van der Waals surface area (Å²) in [6.07, 6.45) is 4.95. The fourth-order valence-electron chi connectivity index (χ4n) is 2.25. The number of aromatic nitrogens is 1. The Morgan fingerprint density at radius 1 is 1.61 bits per heavy atom. The van der Waals surface area contributed by atoms with Gasteiger partial charge in [0.25, 0.3) is 0 Å². The lowest BCUT2D eigenvalue weighted by Crippen LogP contribution is -2.26. The van der Waals surface area contributed by atoms with Gasteiger partial charge in [0.2, 0.25) is 0 Å². The highest BCUT2D eigenvalue weighted by Gasteiger charge is 2.20. The van der Waals surface area contributed by atoms with E-state index >= 15 is 0 Å². The lowest BCUT2D eigenvalue weighted by molar-refractivity contribution is 0.0690. The third kappa shape index (κ3) is 3.20. The van der Waals surface area contributed by atoms with Gasteiger partial charge in [-0.3, -0.25) is 0 Å². The standard InChI is InChI=1S/C13H18N2O3/c1-15-7-2-3-10(15)6-8-18-11-4-5-12(13(16)17)14-9-11/h4-5,9-10H,2-3,6-8H2,1H3,(H,16,17). The molecule has 2 rings (SSSR count). The topological polar surface area (TPSA) is 62.7 Å². The molecule has 1 aromatic heterocycles. The van der Waals surface area contributed by atoms with Crippen LogP contribution in [-0.4, -0.2) is 47.2 Å². The van der Waals surface area contributed by atoms with Crippen molar-refractivity contribution >= 4 is 5.97 Å². The van der Waals surface area contributed by atoms with Gasteiger partial charge in [-0.05, 0) is 45.0 Å². The molecule has 5 nitrogen and oxygen atoms in total. The highest BCUT2D eigenvalue weighted by Crippen LogP contribution is 2.18. The van der Waals surface area contributed by atoms with Gasteiger partial charge in [0.05, 0.1) is 12.8 Å². The molecule has 0 aromatic carbocycles. The van der Waals surface area contributed by atoms with Crippen LogP contribution in [0.2, 0.25) is 0 Å². The summed E-state index contributed by atoms with van der Waals surface area (Å²) >= 11 is 0. The van der Waals surface area contributed by atoms with E-state index in [1.807, 2.05) is 0 Å². The van der Waals surface area contributed by atoms with E-state index in [2.05, 4.69) is 16.9 Å². The van der Waals surface area contributed by atoms with E-state index in [1.165, 1.54) is 31.6 Å². The van der Waals surface area contributed by atoms with Crippen LogP contribution in [0.5, 0.6) is 5.75 Å². The van der Waals surface area contributed by atoms with Crippen LogP contribution >= 0.6 is 0 Å². The smallest absolute Gasteiger partial charge is 0.354 e. The number of ether oxygens (including phenoxy) is 1. The largest absolute Gasteiger partial charge is 0.492 e. The first kappa shape index (κ1) is 12.8. The van der Waals surface area contributed by atoms with Gasteiger partial charge in [-0.15, -0.1) is 0 Å². The zero-order valence-corrected chi connectivity index (χ0v) is 10.5. The van der Waals surface area contributed by atoms with Crippen LogP contribution in [0.25, 0.3) is 0 Å². The maximum atomic E-state index is 10.6. The van der Waals surface area contributed by atoms with Gasteiger partial charge in [-0.2, -0.15) is 0 Å². The van der Waals surface area contributed by atoms with E-state index < -0.39 is 5.97 Å². The van der Waals surface area contributed by atoms with Crippen molar-refractivity contribution in [1.29, 1.82) is 0 Å². The van der Waals surface area contributed by atoms with Gasteiger partial charge >= 0.3 is 5.97 Å². The molecule has 1 aromatic rings. The van der Waals surface area contributed by atoms with Gasteiger partial charge < -0.3 is 14.7 Å². The summed E-state index contributed by atoms with van der Waals surface area (Å²) in [5, 5.41) is 8.72. The second-order valence-corrected chi connectivity index (χ2v) is 4.60. The third-order valence-corrected chi connectivity index (χ3v) is 3.35. The first-order chi connectivity index (χ1) is 8.66. The van der Waals surface area contributed by atoms with Crippen LogP contribution in [0.1, 0.15) is 29.8 Å². The summed E-state index contributed by atoms with van der Waals surface area (Å²) in [5.41, 5.74) is 0.0397. The van der Waals surface area contributed by atoms with Gasteiger partial charge in [-0.1, -0.05) is 0 Å². The molecule has 0 radical (unpaired) electrons. The van der Waals surface area contributed by atoms with Crippen molar-refractivity contribution in [3.63, 3.8) is 0 Å². The number of hydrogen-bond donors (Lipinski definition) is 1. The summed E-state index contributed by atoms with van der Waals surface area (Å²) < 4.78 is 5.57. The highest BCUT2D eigenvalue weighted by molar-refractivity contribution is 5.85. The summed E-state index contributed by atoms with van der Waals surface area (Å²) in [6.45, 7) is 1.81. The van der Waals surface area contributed by atoms with E-state index in [1.54, 1.807) is 6.07 Å². The molecule has 1 unspecified atom stereocenters. The molecule has 2 heterocycles. The van der Waals surface area contributed by atoms with E-state index in [0.29, 0.717) is 18.4 Å². The fraction of sp³-hybridized carbons (Fsp3) is 0.538. The van der Waals surface area contributed by atoms with Crippen LogP contribution < -0.4 is 4.74 Å². The van der Waals surface area contributed by atoms with Gasteiger partial charge in [-0.25, -0.2) is 9.78 Å². The maximum absolute atomic E-state index is 10.6. The molecule has 5 heteroatoms. The van der Waals surface area contributed by atoms with Crippen LogP contribution in [0.15, 0.2) is 18.3 Å². The van der Waals surface area contributed by atoms with Crippen molar-refractivity contribution in [3.8, 4) is 5.75 Å². The summed E-state index contributed by atoms with van der Waals surface area (Å²) in [5.74, 6) is -0.394. The van der Waals surface area contributed by atoms with Crippen LogP contribution in [-0.2, 0) is 0 Å². The van der Waals surface area contributed by atoms with Crippen molar-refractivity contribution in [2.45, 2.75) is 25.3 Å². The van der Waals surface area contributed by atoms with E-state index in [4.69, 9.17) is 9.84 Å². The third-order valence-electron chi connectivity index (χ3n) is 3.35. The molecule has 1 N–H and O–H groups in total. The van der Waals surface area contributed by atoms with Gasteiger partial charge in [0.15, 0.2) is 0 Å². The molecule has 18 heavy (non-hydrogen) atoms. The SMILES string of the molecule is CN1CCCC1CCOc1ccc(C(=O)O)nc1. The quantitative estimate of drug-likeness (QED) is 0.860. The lowest BCUT2D eigenvalue weighted by atomic mass is 10.1. The monoisotopic (exact) mass is 250 g/mol. The van der Waals surface area contributed by atoms with Crippen molar-refractivity contribution in [1.82, 2.24) is 9.88 Å². The normalized spacial score (nSPS) is 19.9. The number of aromatic carboxylic acids is 1. The molecule has 0 bridgehead atoms. The summed E-state index contributed by atoms with van der Waals surface area (Å²) in [7, 11) is 2.14. The van der Waals surface area contributed by atoms with Gasteiger partial charge in [0.1, 0.15) is 11.4 Å². The molecule has 98 valence electrons. The van der Waals surface area contributed by atoms with E-state index in [-0.39, 0.29) is 5.69 Å². The maximum Gasteiger partial charge on any atom is 0.354 e. The zero-order chi connectivity index (χ0) is 13.0. The fourth-order valence-corrected chi connectivity index (χ4v) is 2.25. The predicted octanol–water partition coefficient (Wildman–Crippen LogP) is 1.64. The number of rotatable bonds is 5. The Morgan fingerprint density at radius 3 is 3.00 bits per heavy atom. The summed E-state index contributed by atoms with van der Waals surface area (Å²) in [6, 6.07) is 3.71. The Balaban J connectivity index is 1.78. The molecule has 1 aliphatic heterocycles. The van der Waals surface area contributed by atoms with E-state index in [0.717, 1.165) is 6.42 Å². The molecule has 0 spiro atoms. The number of nitrogens with zero attached hydrogens (tertiary/aromatic N) is 2. The van der Waals surface area contributed by atoms with Crippen molar-refractivity contribution in [2.24, 2.45) is 0 Å². The zero-order valence-electron chi connectivity index (χ0n) is 10.5. The van der Waals surface area contributed by atoms with Crippen LogP contribution in [0.4, 0.5) is 0 Å². The molecule has 1 atom stereocenters. The van der Waals surface area contributed by atoms with Crippen LogP contribution in [0.3, 0.4) is 0 Å². The number of carboxylic acids is 1. The minimum Gasteiger partial charge on any atom is -0.492 e. The Bertz CT molecular complexity index is 405. The first-order valence-electron chi connectivity index (χ1n) is 6.19. The Morgan fingerprint density at radius 2 is 2.44 bits per heavy atom. The molecule has 0 amide bonds. The Kier molecular flexibility index (Phi) is 4.15. The molecule has 1 fully saturated rings. The highest BCUT2D eigenvalue weighted by atomic mass is 16.5. The molecule has 1 aliphatic rings. The molecular weight excluding hydrogens is 232 g/mol. The number of likely N-dealkylation sites (tertiary alicyclic amines) is 1. The Hall–Kier alpha value is -1.62. The van der Waals surface area contributed by atoms with Crippen molar-refractivity contribution in [2.75, 3.05) is 20.2 Å². The Labute approximate surface area is 106 Å². The lowest BCUT2D eigenvalue weighted by Gasteiger charge is -2.19. The average Bonchev–Trinajstić information content (AvgIpc) is 2.76. The van der Waals surface area contributed by atoms with Crippen molar-refractivity contribution < 1.29 is 14.6 Å². The first-order valence-corrected chi connectivity index (χ1v) is 6.19. The molecular formula is C13H18N2O3. The number of hydrogen-bond acceptors (Lipinski definition) is 4. The molecule has 0 aliphatic carbocycles. The minimum absolute atomic E-state index is 0.0397.